The van der Waals surface area contributed by atoms with Crippen molar-refractivity contribution in [3.05, 3.63) is 35.4 Å². The van der Waals surface area contributed by atoms with Crippen LogP contribution in [0.4, 0.5) is 0 Å². The molecule has 1 aromatic rings. The van der Waals surface area contributed by atoms with E-state index in [-0.39, 0.29) is 5.54 Å². The fourth-order valence-electron chi connectivity index (χ4n) is 6.56. The Balaban J connectivity index is 1.39. The third kappa shape index (κ3) is 2.31. The SMILES string of the molecule is Cc1ccccc1[C@@H]1[C@@H]2CN(C(=O)C34CCCN3CCC4)C[C@@H]2CN1C. The van der Waals surface area contributed by atoms with Crippen LogP contribution in [-0.4, -0.2) is 65.9 Å². The number of benzene rings is 1. The number of likely N-dealkylation sites (tertiary alicyclic amines) is 2. The van der Waals surface area contributed by atoms with E-state index in [2.05, 4.69) is 52.9 Å². The highest BCUT2D eigenvalue weighted by Gasteiger charge is 2.55. The van der Waals surface area contributed by atoms with Gasteiger partial charge in [0.15, 0.2) is 0 Å². The predicted octanol–water partition coefficient (Wildman–Crippen LogP) is 2.68. The van der Waals surface area contributed by atoms with E-state index in [1.165, 1.54) is 24.0 Å². The predicted molar refractivity (Wildman–Crippen MR) is 103 cm³/mol. The average Bonchev–Trinajstić information content (AvgIpc) is 3.34. The largest absolute Gasteiger partial charge is 0.340 e. The number of amides is 1. The molecule has 140 valence electrons. The molecular weight excluding hydrogens is 322 g/mol. The molecule has 26 heavy (non-hydrogen) atoms. The van der Waals surface area contributed by atoms with Crippen LogP contribution < -0.4 is 0 Å². The van der Waals surface area contributed by atoms with Crippen LogP contribution in [0.1, 0.15) is 42.9 Å². The van der Waals surface area contributed by atoms with Crippen molar-refractivity contribution in [3.8, 4) is 0 Å². The Morgan fingerprint density at radius 1 is 1.08 bits per heavy atom. The molecule has 0 aromatic heterocycles. The van der Waals surface area contributed by atoms with Gasteiger partial charge in [-0.15, -0.1) is 0 Å². The van der Waals surface area contributed by atoms with Crippen LogP contribution in [0.5, 0.6) is 0 Å². The van der Waals surface area contributed by atoms with Crippen molar-refractivity contribution in [1.82, 2.24) is 14.7 Å². The molecule has 4 fully saturated rings. The molecule has 0 radical (unpaired) electrons. The quantitative estimate of drug-likeness (QED) is 0.818. The van der Waals surface area contributed by atoms with Gasteiger partial charge in [-0.2, -0.15) is 0 Å². The molecule has 3 atom stereocenters. The van der Waals surface area contributed by atoms with Gasteiger partial charge in [-0.25, -0.2) is 0 Å². The van der Waals surface area contributed by atoms with E-state index in [0.717, 1.165) is 45.6 Å². The molecule has 0 saturated carbocycles. The van der Waals surface area contributed by atoms with Crippen molar-refractivity contribution in [2.24, 2.45) is 11.8 Å². The second kappa shape index (κ2) is 6.07. The van der Waals surface area contributed by atoms with Gasteiger partial charge in [0.2, 0.25) is 5.91 Å². The van der Waals surface area contributed by atoms with Crippen molar-refractivity contribution in [3.63, 3.8) is 0 Å². The van der Waals surface area contributed by atoms with Gasteiger partial charge in [-0.3, -0.25) is 14.6 Å². The third-order valence-electron chi connectivity index (χ3n) is 7.73. The third-order valence-corrected chi connectivity index (χ3v) is 7.73. The first kappa shape index (κ1) is 16.8. The highest BCUT2D eigenvalue weighted by atomic mass is 16.2. The van der Waals surface area contributed by atoms with Crippen molar-refractivity contribution in [2.75, 3.05) is 39.8 Å². The van der Waals surface area contributed by atoms with Crippen LogP contribution in [0.3, 0.4) is 0 Å². The molecule has 0 spiro atoms. The van der Waals surface area contributed by atoms with E-state index in [0.29, 0.717) is 23.8 Å². The van der Waals surface area contributed by atoms with Crippen LogP contribution in [0.15, 0.2) is 24.3 Å². The number of fused-ring (bicyclic) bond motifs is 2. The summed E-state index contributed by atoms with van der Waals surface area (Å²) in [5.41, 5.74) is 2.70. The Bertz CT molecular complexity index is 707. The Hall–Kier alpha value is -1.39. The summed E-state index contributed by atoms with van der Waals surface area (Å²) in [7, 11) is 2.26. The number of hydrogen-bond acceptors (Lipinski definition) is 3. The summed E-state index contributed by atoms with van der Waals surface area (Å²) in [5, 5.41) is 0. The summed E-state index contributed by atoms with van der Waals surface area (Å²) < 4.78 is 0. The van der Waals surface area contributed by atoms with E-state index in [9.17, 15) is 4.79 Å². The Kier molecular flexibility index (Phi) is 3.91. The minimum Gasteiger partial charge on any atom is -0.340 e. The normalized spacial score (nSPS) is 33.6. The molecule has 4 heteroatoms. The van der Waals surface area contributed by atoms with Crippen LogP contribution in [0.2, 0.25) is 0 Å². The fourth-order valence-corrected chi connectivity index (χ4v) is 6.56. The molecule has 0 N–H and O–H groups in total. The number of hydrogen-bond donors (Lipinski definition) is 0. The number of carbonyl (C=O) groups excluding carboxylic acids is 1. The lowest BCUT2D eigenvalue weighted by Crippen LogP contribution is -2.53. The maximum atomic E-state index is 13.5. The fraction of sp³-hybridized carbons (Fsp3) is 0.682. The summed E-state index contributed by atoms with van der Waals surface area (Å²) in [6.07, 6.45) is 4.56. The standard InChI is InChI=1S/C22H31N3O/c1-16-7-3-4-8-18(16)20-19-15-24(14-17(19)13-23(20)2)21(26)22-9-5-11-25(22)12-6-10-22/h3-4,7-8,17,19-20H,5-6,9-15H2,1-2H3/t17-,19+,20+/m0/s1. The van der Waals surface area contributed by atoms with E-state index >= 15 is 0 Å². The molecule has 4 aliphatic rings. The molecule has 4 aliphatic heterocycles. The summed E-state index contributed by atoms with van der Waals surface area (Å²) in [5.74, 6) is 1.66. The van der Waals surface area contributed by atoms with Crippen molar-refractivity contribution in [1.29, 1.82) is 0 Å². The van der Waals surface area contributed by atoms with Crippen LogP contribution >= 0.6 is 0 Å². The van der Waals surface area contributed by atoms with E-state index < -0.39 is 0 Å². The molecule has 4 saturated heterocycles. The summed E-state index contributed by atoms with van der Waals surface area (Å²) >= 11 is 0. The molecule has 4 nitrogen and oxygen atoms in total. The smallest absolute Gasteiger partial charge is 0.243 e. The molecular formula is C22H31N3O. The van der Waals surface area contributed by atoms with Crippen molar-refractivity contribution >= 4 is 5.91 Å². The lowest BCUT2D eigenvalue weighted by Gasteiger charge is -2.35. The number of aryl methyl sites for hydroxylation is 1. The van der Waals surface area contributed by atoms with Gasteiger partial charge in [0.1, 0.15) is 5.54 Å². The minimum atomic E-state index is -0.136. The molecule has 4 heterocycles. The van der Waals surface area contributed by atoms with E-state index in [4.69, 9.17) is 0 Å². The van der Waals surface area contributed by atoms with Crippen molar-refractivity contribution in [2.45, 2.75) is 44.2 Å². The van der Waals surface area contributed by atoms with Crippen molar-refractivity contribution < 1.29 is 4.79 Å². The van der Waals surface area contributed by atoms with Crippen LogP contribution in [0, 0.1) is 18.8 Å². The first-order chi connectivity index (χ1) is 12.6. The molecule has 0 aliphatic carbocycles. The summed E-state index contributed by atoms with van der Waals surface area (Å²) in [6.45, 7) is 7.50. The molecule has 1 amide bonds. The molecule has 5 rings (SSSR count). The lowest BCUT2D eigenvalue weighted by molar-refractivity contribution is -0.140. The highest BCUT2D eigenvalue weighted by molar-refractivity contribution is 5.87. The van der Waals surface area contributed by atoms with Gasteiger partial charge in [0.05, 0.1) is 0 Å². The van der Waals surface area contributed by atoms with Gasteiger partial charge < -0.3 is 4.90 Å². The topological polar surface area (TPSA) is 26.8 Å². The average molecular weight is 354 g/mol. The number of carbonyl (C=O) groups is 1. The molecule has 0 unspecified atom stereocenters. The minimum absolute atomic E-state index is 0.136. The van der Waals surface area contributed by atoms with Gasteiger partial charge >= 0.3 is 0 Å². The van der Waals surface area contributed by atoms with Gasteiger partial charge in [0, 0.05) is 31.6 Å². The Labute approximate surface area is 157 Å². The highest BCUT2D eigenvalue weighted by Crippen LogP contribution is 2.47. The number of rotatable bonds is 2. The maximum absolute atomic E-state index is 13.5. The van der Waals surface area contributed by atoms with Gasteiger partial charge in [0.25, 0.3) is 0 Å². The Morgan fingerprint density at radius 3 is 2.54 bits per heavy atom. The summed E-state index contributed by atoms with van der Waals surface area (Å²) in [4.78, 5) is 20.8. The second-order valence-electron chi connectivity index (χ2n) is 9.10. The van der Waals surface area contributed by atoms with Crippen LogP contribution in [-0.2, 0) is 4.79 Å². The zero-order valence-electron chi connectivity index (χ0n) is 16.2. The maximum Gasteiger partial charge on any atom is 0.243 e. The van der Waals surface area contributed by atoms with Gasteiger partial charge in [-0.1, -0.05) is 24.3 Å². The molecule has 1 aromatic carbocycles. The monoisotopic (exact) mass is 353 g/mol. The van der Waals surface area contributed by atoms with E-state index in [1.54, 1.807) is 0 Å². The summed E-state index contributed by atoms with van der Waals surface area (Å²) in [6, 6.07) is 9.26. The second-order valence-corrected chi connectivity index (χ2v) is 9.10. The molecule has 0 bridgehead atoms. The van der Waals surface area contributed by atoms with Crippen LogP contribution in [0.25, 0.3) is 0 Å². The van der Waals surface area contributed by atoms with E-state index in [1.807, 2.05) is 0 Å². The zero-order chi connectivity index (χ0) is 17.9. The Morgan fingerprint density at radius 2 is 1.81 bits per heavy atom. The zero-order valence-corrected chi connectivity index (χ0v) is 16.2. The van der Waals surface area contributed by atoms with Gasteiger partial charge in [-0.05, 0) is 69.8 Å². The number of nitrogens with zero attached hydrogens (tertiary/aromatic N) is 3. The lowest BCUT2D eigenvalue weighted by atomic mass is 9.88. The first-order valence-electron chi connectivity index (χ1n) is 10.4. The first-order valence-corrected chi connectivity index (χ1v) is 10.4.